The maximum Gasteiger partial charge on any atom is 0.417 e. The monoisotopic (exact) mass is 417 g/mol. The molecular formula is C20H27ClF3N3O. The standard InChI is InChI=1S/C20H27ClF3N3O/c1-13(2)27(16-5-3-4-6-16)19(28)14-7-9-26(10-8-14)18-17(21)11-15(12-25-18)20(22,23)24/h11-14,16H,3-10H2,1-2H3. The first kappa shape index (κ1) is 21.2. The van der Waals surface area contributed by atoms with Crippen molar-refractivity contribution in [1.82, 2.24) is 9.88 Å². The number of nitrogens with zero attached hydrogens (tertiary/aromatic N) is 3. The van der Waals surface area contributed by atoms with E-state index in [4.69, 9.17) is 11.6 Å². The number of rotatable bonds is 4. The Morgan fingerprint density at radius 1 is 1.21 bits per heavy atom. The first-order valence-corrected chi connectivity index (χ1v) is 10.4. The van der Waals surface area contributed by atoms with Crippen LogP contribution >= 0.6 is 11.6 Å². The van der Waals surface area contributed by atoms with E-state index >= 15 is 0 Å². The zero-order valence-electron chi connectivity index (χ0n) is 16.3. The molecule has 0 spiro atoms. The zero-order valence-corrected chi connectivity index (χ0v) is 17.1. The Morgan fingerprint density at radius 2 is 1.82 bits per heavy atom. The average molecular weight is 418 g/mol. The highest BCUT2D eigenvalue weighted by molar-refractivity contribution is 6.33. The Hall–Kier alpha value is -1.50. The number of alkyl halides is 3. The van der Waals surface area contributed by atoms with E-state index in [2.05, 4.69) is 23.7 Å². The summed E-state index contributed by atoms with van der Waals surface area (Å²) in [6.07, 6.45) is 2.19. The number of halogens is 4. The second-order valence-corrected chi connectivity index (χ2v) is 8.47. The maximum atomic E-state index is 13.1. The van der Waals surface area contributed by atoms with Gasteiger partial charge in [0.1, 0.15) is 5.82 Å². The molecule has 2 fully saturated rings. The van der Waals surface area contributed by atoms with Gasteiger partial charge >= 0.3 is 6.18 Å². The Labute approximate surface area is 169 Å². The molecule has 1 saturated carbocycles. The van der Waals surface area contributed by atoms with Gasteiger partial charge in [0.05, 0.1) is 10.6 Å². The molecule has 1 aromatic rings. The summed E-state index contributed by atoms with van der Waals surface area (Å²) in [5.74, 6) is 0.526. The summed E-state index contributed by atoms with van der Waals surface area (Å²) < 4.78 is 38.4. The molecular weight excluding hydrogens is 391 g/mol. The number of pyridine rings is 1. The lowest BCUT2D eigenvalue weighted by Crippen LogP contribution is -2.49. The summed E-state index contributed by atoms with van der Waals surface area (Å²) in [7, 11) is 0. The predicted octanol–water partition coefficient (Wildman–Crippen LogP) is 5.15. The fourth-order valence-corrected chi connectivity index (χ4v) is 4.69. The second kappa shape index (κ2) is 8.47. The first-order chi connectivity index (χ1) is 13.2. The van der Waals surface area contributed by atoms with Gasteiger partial charge in [0.2, 0.25) is 5.91 Å². The number of hydrogen-bond acceptors (Lipinski definition) is 3. The molecule has 28 heavy (non-hydrogen) atoms. The van der Waals surface area contributed by atoms with E-state index in [1.54, 1.807) is 0 Å². The van der Waals surface area contributed by atoms with Gasteiger partial charge < -0.3 is 9.80 Å². The predicted molar refractivity (Wildman–Crippen MR) is 103 cm³/mol. The summed E-state index contributed by atoms with van der Waals surface area (Å²) in [6, 6.07) is 1.44. The van der Waals surface area contributed by atoms with Crippen molar-refractivity contribution < 1.29 is 18.0 Å². The molecule has 0 N–H and O–H groups in total. The van der Waals surface area contributed by atoms with Crippen molar-refractivity contribution in [2.75, 3.05) is 18.0 Å². The average Bonchev–Trinajstić information content (AvgIpc) is 3.15. The smallest absolute Gasteiger partial charge is 0.355 e. The van der Waals surface area contributed by atoms with Gasteiger partial charge in [0, 0.05) is 37.3 Å². The van der Waals surface area contributed by atoms with Gasteiger partial charge in [-0.1, -0.05) is 24.4 Å². The first-order valence-electron chi connectivity index (χ1n) is 9.98. The van der Waals surface area contributed by atoms with Crippen molar-refractivity contribution in [2.45, 2.75) is 70.6 Å². The summed E-state index contributed by atoms with van der Waals surface area (Å²) >= 11 is 6.07. The second-order valence-electron chi connectivity index (χ2n) is 8.07. The molecule has 1 saturated heterocycles. The van der Waals surface area contributed by atoms with Crippen LogP contribution in [0.2, 0.25) is 5.02 Å². The van der Waals surface area contributed by atoms with Crippen molar-refractivity contribution in [3.05, 3.63) is 22.8 Å². The van der Waals surface area contributed by atoms with E-state index in [-0.39, 0.29) is 22.9 Å². The van der Waals surface area contributed by atoms with Crippen LogP contribution in [0.25, 0.3) is 0 Å². The Balaban J connectivity index is 1.64. The van der Waals surface area contributed by atoms with Gasteiger partial charge in [0.25, 0.3) is 0 Å². The molecule has 0 aromatic carbocycles. The fraction of sp³-hybridized carbons (Fsp3) is 0.700. The molecule has 2 aliphatic rings. The highest BCUT2D eigenvalue weighted by atomic mass is 35.5. The van der Waals surface area contributed by atoms with Gasteiger partial charge in [-0.2, -0.15) is 13.2 Å². The van der Waals surface area contributed by atoms with Gasteiger partial charge in [-0.05, 0) is 45.6 Å². The van der Waals surface area contributed by atoms with Crippen molar-refractivity contribution in [3.63, 3.8) is 0 Å². The van der Waals surface area contributed by atoms with Crippen LogP contribution in [0.15, 0.2) is 12.3 Å². The van der Waals surface area contributed by atoms with E-state index in [1.807, 2.05) is 4.90 Å². The number of anilines is 1. The number of piperidine rings is 1. The zero-order chi connectivity index (χ0) is 20.5. The SMILES string of the molecule is CC(C)N(C(=O)C1CCN(c2ncc(C(F)(F)F)cc2Cl)CC1)C1CCCC1. The summed E-state index contributed by atoms with van der Waals surface area (Å²) in [5, 5.41) is -0.00522. The van der Waals surface area contributed by atoms with Gasteiger partial charge in [0.15, 0.2) is 0 Å². The highest BCUT2D eigenvalue weighted by Crippen LogP contribution is 2.35. The minimum Gasteiger partial charge on any atom is -0.355 e. The molecule has 1 aliphatic heterocycles. The molecule has 2 heterocycles. The third kappa shape index (κ3) is 4.56. The topological polar surface area (TPSA) is 36.4 Å². The molecule has 0 atom stereocenters. The molecule has 1 amide bonds. The minimum atomic E-state index is -4.46. The summed E-state index contributed by atoms with van der Waals surface area (Å²) in [5.41, 5.74) is -0.851. The van der Waals surface area contributed by atoms with Gasteiger partial charge in [-0.25, -0.2) is 4.98 Å². The third-order valence-corrected chi connectivity index (χ3v) is 6.10. The largest absolute Gasteiger partial charge is 0.417 e. The van der Waals surface area contributed by atoms with Crippen molar-refractivity contribution in [1.29, 1.82) is 0 Å². The third-order valence-electron chi connectivity index (χ3n) is 5.82. The normalized spacial score (nSPS) is 19.5. The molecule has 3 rings (SSSR count). The van der Waals surface area contributed by atoms with Crippen molar-refractivity contribution >= 4 is 23.3 Å². The minimum absolute atomic E-state index is 0.00522. The lowest BCUT2D eigenvalue weighted by Gasteiger charge is -2.39. The Morgan fingerprint density at radius 3 is 2.32 bits per heavy atom. The summed E-state index contributed by atoms with van der Waals surface area (Å²) in [6.45, 7) is 5.25. The van der Waals surface area contributed by atoms with Crippen LogP contribution < -0.4 is 4.90 Å². The molecule has 0 unspecified atom stereocenters. The molecule has 8 heteroatoms. The molecule has 1 aliphatic carbocycles. The Bertz CT molecular complexity index is 696. The number of aromatic nitrogens is 1. The van der Waals surface area contributed by atoms with E-state index in [9.17, 15) is 18.0 Å². The van der Waals surface area contributed by atoms with Crippen LogP contribution in [0.5, 0.6) is 0 Å². The van der Waals surface area contributed by atoms with Crippen LogP contribution in [0.1, 0.15) is 57.9 Å². The van der Waals surface area contributed by atoms with Crippen LogP contribution in [0.4, 0.5) is 19.0 Å². The highest BCUT2D eigenvalue weighted by Gasteiger charge is 2.36. The van der Waals surface area contributed by atoms with Gasteiger partial charge in [-0.3, -0.25) is 4.79 Å². The fourth-order valence-electron chi connectivity index (χ4n) is 4.41. The summed E-state index contributed by atoms with van der Waals surface area (Å²) in [4.78, 5) is 21.0. The van der Waals surface area contributed by atoms with Crippen LogP contribution in [0, 0.1) is 5.92 Å². The van der Waals surface area contributed by atoms with Crippen molar-refractivity contribution in [2.24, 2.45) is 5.92 Å². The number of hydrogen-bond donors (Lipinski definition) is 0. The van der Waals surface area contributed by atoms with Crippen LogP contribution in [-0.4, -0.2) is 41.0 Å². The maximum absolute atomic E-state index is 13.1. The Kier molecular flexibility index (Phi) is 6.42. The molecule has 0 radical (unpaired) electrons. The van der Waals surface area contributed by atoms with Gasteiger partial charge in [-0.15, -0.1) is 0 Å². The quantitative estimate of drug-likeness (QED) is 0.679. The lowest BCUT2D eigenvalue weighted by molar-refractivity contribution is -0.140. The lowest BCUT2D eigenvalue weighted by atomic mass is 9.93. The number of carbonyl (C=O) groups is 1. The number of carbonyl (C=O) groups excluding carboxylic acids is 1. The van der Waals surface area contributed by atoms with E-state index in [0.717, 1.165) is 25.1 Å². The number of amides is 1. The van der Waals surface area contributed by atoms with Crippen LogP contribution in [0.3, 0.4) is 0 Å². The van der Waals surface area contributed by atoms with E-state index in [0.29, 0.717) is 37.8 Å². The molecule has 4 nitrogen and oxygen atoms in total. The molecule has 1 aromatic heterocycles. The van der Waals surface area contributed by atoms with Crippen molar-refractivity contribution in [3.8, 4) is 0 Å². The molecule has 156 valence electrons. The van der Waals surface area contributed by atoms with E-state index in [1.165, 1.54) is 12.8 Å². The molecule has 0 bridgehead atoms. The van der Waals surface area contributed by atoms with Crippen LogP contribution in [-0.2, 0) is 11.0 Å². The van der Waals surface area contributed by atoms with E-state index < -0.39 is 11.7 Å².